The summed E-state index contributed by atoms with van der Waals surface area (Å²) in [5, 5.41) is 0. The molecule has 31 heavy (non-hydrogen) atoms. The third kappa shape index (κ3) is 3.13. The van der Waals surface area contributed by atoms with Crippen molar-refractivity contribution in [2.24, 2.45) is 0 Å². The highest BCUT2D eigenvalue weighted by molar-refractivity contribution is 7.92. The highest BCUT2D eigenvalue weighted by Gasteiger charge is 2.38. The highest BCUT2D eigenvalue weighted by atomic mass is 32.2. The number of carbonyl (C=O) groups is 1. The SMILES string of the molecule is C[C@@H]1Cc2cc(S(=O)(=O)N3c4ccccc4C[C@@H]3C)ccc2N1C(=O)c1ccccc1. The van der Waals surface area contributed by atoms with Crippen molar-refractivity contribution in [2.75, 3.05) is 9.21 Å². The molecule has 0 saturated carbocycles. The van der Waals surface area contributed by atoms with Crippen LogP contribution in [0.2, 0.25) is 0 Å². The minimum atomic E-state index is -3.70. The summed E-state index contributed by atoms with van der Waals surface area (Å²) in [4.78, 5) is 15.1. The maximum atomic E-state index is 13.6. The summed E-state index contributed by atoms with van der Waals surface area (Å²) in [5.74, 6) is -0.0652. The Hall–Kier alpha value is -3.12. The molecule has 2 aliphatic rings. The van der Waals surface area contributed by atoms with Gasteiger partial charge in [0.15, 0.2) is 0 Å². The van der Waals surface area contributed by atoms with E-state index in [1.54, 1.807) is 35.2 Å². The van der Waals surface area contributed by atoms with Crippen molar-refractivity contribution in [3.05, 3.63) is 89.5 Å². The Morgan fingerprint density at radius 3 is 2.26 bits per heavy atom. The first kappa shape index (κ1) is 19.8. The van der Waals surface area contributed by atoms with Gasteiger partial charge in [-0.05, 0) is 74.2 Å². The molecule has 0 saturated heterocycles. The standard InChI is InChI=1S/C25H24N2O3S/c1-17-14-21-16-22(12-13-23(21)26(17)25(28)19-8-4-3-5-9-19)31(29,30)27-18(2)15-20-10-6-7-11-24(20)27/h3-13,16-18H,14-15H2,1-2H3/t17-,18+/m1/s1. The maximum absolute atomic E-state index is 13.6. The summed E-state index contributed by atoms with van der Waals surface area (Å²) in [6.07, 6.45) is 1.33. The Balaban J connectivity index is 1.52. The van der Waals surface area contributed by atoms with Gasteiger partial charge in [0.1, 0.15) is 0 Å². The Morgan fingerprint density at radius 2 is 1.48 bits per heavy atom. The van der Waals surface area contributed by atoms with Crippen molar-refractivity contribution in [2.45, 2.75) is 43.7 Å². The van der Waals surface area contributed by atoms with Crippen LogP contribution in [-0.4, -0.2) is 26.4 Å². The number of hydrogen-bond donors (Lipinski definition) is 0. The van der Waals surface area contributed by atoms with Gasteiger partial charge in [0, 0.05) is 23.3 Å². The fraction of sp³-hybridized carbons (Fsp3) is 0.240. The molecule has 0 aliphatic carbocycles. The van der Waals surface area contributed by atoms with E-state index in [1.807, 2.05) is 56.3 Å². The van der Waals surface area contributed by atoms with Crippen LogP contribution in [0.4, 0.5) is 11.4 Å². The van der Waals surface area contributed by atoms with Gasteiger partial charge >= 0.3 is 0 Å². The third-order valence-electron chi connectivity index (χ3n) is 6.21. The van der Waals surface area contributed by atoms with E-state index < -0.39 is 10.0 Å². The fourth-order valence-corrected chi connectivity index (χ4v) is 6.56. The van der Waals surface area contributed by atoms with Crippen LogP contribution >= 0.6 is 0 Å². The highest BCUT2D eigenvalue weighted by Crippen LogP contribution is 2.39. The molecule has 0 aromatic heterocycles. The average Bonchev–Trinajstić information content (AvgIpc) is 3.28. The molecule has 2 aliphatic heterocycles. The molecule has 0 N–H and O–H groups in total. The summed E-state index contributed by atoms with van der Waals surface area (Å²) in [5.41, 5.74) is 4.10. The zero-order valence-electron chi connectivity index (χ0n) is 17.5. The van der Waals surface area contributed by atoms with Crippen LogP contribution < -0.4 is 9.21 Å². The van der Waals surface area contributed by atoms with Gasteiger partial charge in [-0.2, -0.15) is 0 Å². The second kappa shape index (κ2) is 7.24. The molecule has 0 bridgehead atoms. The molecule has 0 fully saturated rings. The van der Waals surface area contributed by atoms with Crippen molar-refractivity contribution in [1.29, 1.82) is 0 Å². The Kier molecular flexibility index (Phi) is 4.63. The zero-order valence-corrected chi connectivity index (χ0v) is 18.3. The lowest BCUT2D eigenvalue weighted by molar-refractivity contribution is 0.0981. The number of carbonyl (C=O) groups excluding carboxylic acids is 1. The predicted molar refractivity (Wildman–Crippen MR) is 122 cm³/mol. The number of fused-ring (bicyclic) bond motifs is 2. The molecule has 2 heterocycles. The minimum Gasteiger partial charge on any atom is -0.305 e. The number of amides is 1. The van der Waals surface area contributed by atoms with E-state index in [9.17, 15) is 13.2 Å². The van der Waals surface area contributed by atoms with E-state index in [1.165, 1.54) is 4.31 Å². The lowest BCUT2D eigenvalue weighted by Gasteiger charge is -2.25. The first-order valence-corrected chi connectivity index (χ1v) is 12.0. The van der Waals surface area contributed by atoms with Crippen LogP contribution in [0, 0.1) is 0 Å². The van der Waals surface area contributed by atoms with Crippen LogP contribution in [0.15, 0.2) is 77.7 Å². The topological polar surface area (TPSA) is 57.7 Å². The van der Waals surface area contributed by atoms with Crippen molar-refractivity contribution < 1.29 is 13.2 Å². The summed E-state index contributed by atoms with van der Waals surface area (Å²) >= 11 is 0. The van der Waals surface area contributed by atoms with Gasteiger partial charge in [0.05, 0.1) is 10.6 Å². The Labute approximate surface area is 183 Å². The molecule has 1 amide bonds. The van der Waals surface area contributed by atoms with Gasteiger partial charge in [-0.25, -0.2) is 8.42 Å². The van der Waals surface area contributed by atoms with Gasteiger partial charge < -0.3 is 4.90 Å². The van der Waals surface area contributed by atoms with E-state index in [2.05, 4.69) is 0 Å². The Morgan fingerprint density at radius 1 is 0.806 bits per heavy atom. The number of hydrogen-bond acceptors (Lipinski definition) is 3. The molecule has 5 nitrogen and oxygen atoms in total. The number of para-hydroxylation sites is 1. The van der Waals surface area contributed by atoms with Crippen molar-refractivity contribution in [3.63, 3.8) is 0 Å². The van der Waals surface area contributed by atoms with Crippen molar-refractivity contribution in [3.8, 4) is 0 Å². The number of nitrogens with zero attached hydrogens (tertiary/aromatic N) is 2. The van der Waals surface area contributed by atoms with E-state index in [0.717, 1.165) is 22.5 Å². The summed E-state index contributed by atoms with van der Waals surface area (Å²) in [7, 11) is -3.70. The number of anilines is 2. The van der Waals surface area contributed by atoms with Gasteiger partial charge in [0.2, 0.25) is 0 Å². The van der Waals surface area contributed by atoms with Crippen LogP contribution in [0.3, 0.4) is 0 Å². The molecule has 0 radical (unpaired) electrons. The lowest BCUT2D eigenvalue weighted by Crippen LogP contribution is -2.36. The molecule has 0 spiro atoms. The van der Waals surface area contributed by atoms with E-state index in [-0.39, 0.29) is 22.9 Å². The zero-order chi connectivity index (χ0) is 21.8. The summed E-state index contributed by atoms with van der Waals surface area (Å²) in [6.45, 7) is 3.93. The predicted octanol–water partition coefficient (Wildman–Crippen LogP) is 4.42. The van der Waals surface area contributed by atoms with Crippen LogP contribution in [0.5, 0.6) is 0 Å². The average molecular weight is 433 g/mol. The van der Waals surface area contributed by atoms with E-state index in [0.29, 0.717) is 18.4 Å². The molecule has 5 rings (SSSR count). The van der Waals surface area contributed by atoms with Crippen LogP contribution in [0.25, 0.3) is 0 Å². The first-order chi connectivity index (χ1) is 14.9. The second-order valence-electron chi connectivity index (χ2n) is 8.37. The van der Waals surface area contributed by atoms with Gasteiger partial charge in [-0.3, -0.25) is 9.10 Å². The summed E-state index contributed by atoms with van der Waals surface area (Å²) in [6, 6.07) is 21.8. The Bertz CT molecular complexity index is 1270. The molecule has 3 aromatic rings. The number of benzene rings is 3. The monoisotopic (exact) mass is 432 g/mol. The van der Waals surface area contributed by atoms with Gasteiger partial charge in [-0.1, -0.05) is 36.4 Å². The molecule has 6 heteroatoms. The molecule has 0 unspecified atom stereocenters. The van der Waals surface area contributed by atoms with Crippen molar-refractivity contribution in [1.82, 2.24) is 0 Å². The van der Waals surface area contributed by atoms with Crippen LogP contribution in [0.1, 0.15) is 35.3 Å². The van der Waals surface area contributed by atoms with Gasteiger partial charge in [0.25, 0.3) is 15.9 Å². The largest absolute Gasteiger partial charge is 0.305 e. The molecule has 158 valence electrons. The first-order valence-electron chi connectivity index (χ1n) is 10.5. The van der Waals surface area contributed by atoms with E-state index in [4.69, 9.17) is 0 Å². The molecule has 2 atom stereocenters. The minimum absolute atomic E-state index is 0.0351. The molecular formula is C25H24N2O3S. The molecule has 3 aromatic carbocycles. The number of sulfonamides is 1. The molecular weight excluding hydrogens is 408 g/mol. The van der Waals surface area contributed by atoms with Gasteiger partial charge in [-0.15, -0.1) is 0 Å². The van der Waals surface area contributed by atoms with E-state index >= 15 is 0 Å². The number of rotatable bonds is 3. The van der Waals surface area contributed by atoms with Crippen LogP contribution in [-0.2, 0) is 22.9 Å². The maximum Gasteiger partial charge on any atom is 0.264 e. The third-order valence-corrected chi connectivity index (χ3v) is 8.13. The quantitative estimate of drug-likeness (QED) is 0.616. The van der Waals surface area contributed by atoms with Crippen molar-refractivity contribution >= 4 is 27.3 Å². The lowest BCUT2D eigenvalue weighted by atomic mass is 10.1. The second-order valence-corrected chi connectivity index (χ2v) is 10.2. The fourth-order valence-electron chi connectivity index (χ4n) is 4.81. The normalized spacial score (nSPS) is 19.9. The summed E-state index contributed by atoms with van der Waals surface area (Å²) < 4.78 is 28.7. The smallest absolute Gasteiger partial charge is 0.264 e.